The highest BCUT2D eigenvalue weighted by Crippen LogP contribution is 1.76. The van der Waals surface area contributed by atoms with E-state index >= 15 is 0 Å². The molecule has 0 bridgehead atoms. The van der Waals surface area contributed by atoms with E-state index in [2.05, 4.69) is 37.9 Å². The Morgan fingerprint density at radius 3 is 2.56 bits per heavy atom. The normalized spacial score (nSPS) is 11.9. The van der Waals surface area contributed by atoms with Crippen LogP contribution in [-0.2, 0) is 0 Å². The number of rotatable bonds is 2. The lowest BCUT2D eigenvalue weighted by Gasteiger charge is -2.01. The van der Waals surface area contributed by atoms with Gasteiger partial charge in [-0.05, 0) is 13.5 Å². The van der Waals surface area contributed by atoms with E-state index in [1.54, 1.807) is 0 Å². The minimum atomic E-state index is 0.356. The fourth-order valence-corrected chi connectivity index (χ4v) is 0.612. The quantitative estimate of drug-likeness (QED) is 0.550. The molecule has 9 heavy (non-hydrogen) atoms. The first-order valence-electron chi connectivity index (χ1n) is 3.53. The monoisotopic (exact) mass is 125 g/mol. The average molecular weight is 125 g/mol. The van der Waals surface area contributed by atoms with Crippen molar-refractivity contribution in [2.45, 2.75) is 33.2 Å². The van der Waals surface area contributed by atoms with Gasteiger partial charge in [0, 0.05) is 6.42 Å². The predicted octanol–water partition coefficient (Wildman–Crippen LogP) is 1.40. The Bertz CT molecular complexity index is 107. The fourth-order valence-electron chi connectivity index (χ4n) is 0.612. The summed E-state index contributed by atoms with van der Waals surface area (Å²) < 4.78 is 0. The smallest absolute Gasteiger partial charge is 0.0660 e. The Morgan fingerprint density at radius 1 is 1.44 bits per heavy atom. The Morgan fingerprint density at radius 2 is 2.11 bits per heavy atom. The molecule has 0 aromatic heterocycles. The van der Waals surface area contributed by atoms with Gasteiger partial charge in [0.15, 0.2) is 0 Å². The van der Waals surface area contributed by atoms with E-state index in [0.717, 1.165) is 13.0 Å². The van der Waals surface area contributed by atoms with Crippen LogP contribution in [0.5, 0.6) is 0 Å². The van der Waals surface area contributed by atoms with Crippen LogP contribution in [0.1, 0.15) is 27.2 Å². The Labute approximate surface area is 57.8 Å². The molecular weight excluding hydrogens is 110 g/mol. The lowest BCUT2D eigenvalue weighted by atomic mass is 10.3. The predicted molar refractivity (Wildman–Crippen MR) is 41.2 cm³/mol. The number of hydrogen-bond donors (Lipinski definition) is 1. The minimum absolute atomic E-state index is 0.356. The molecule has 0 amide bonds. The molecule has 0 aliphatic carbocycles. The summed E-state index contributed by atoms with van der Waals surface area (Å²) in [4.78, 5) is 0. The highest BCUT2D eigenvalue weighted by molar-refractivity contribution is 5.05. The third-order valence-corrected chi connectivity index (χ3v) is 1.01. The molecular formula is C8H15N. The Hall–Kier alpha value is -0.480. The van der Waals surface area contributed by atoms with E-state index in [9.17, 15) is 0 Å². The molecule has 1 heteroatoms. The number of hydrogen-bond acceptors (Lipinski definition) is 1. The maximum atomic E-state index is 3.21. The standard InChI is InChI=1S/C8H15N/c1-4-6-7-8(3)9-5-2/h8-9H,4-5H2,1-3H3. The average Bonchev–Trinajstić information content (AvgIpc) is 1.85. The molecule has 1 nitrogen and oxygen atoms in total. The summed E-state index contributed by atoms with van der Waals surface area (Å²) >= 11 is 0. The second kappa shape index (κ2) is 5.65. The third kappa shape index (κ3) is 5.39. The van der Waals surface area contributed by atoms with Gasteiger partial charge in [0.05, 0.1) is 6.04 Å². The van der Waals surface area contributed by atoms with Crippen LogP contribution in [0, 0.1) is 11.8 Å². The lowest BCUT2D eigenvalue weighted by Crippen LogP contribution is -2.23. The van der Waals surface area contributed by atoms with Crippen molar-refractivity contribution in [1.82, 2.24) is 5.32 Å². The van der Waals surface area contributed by atoms with Crippen molar-refractivity contribution in [3.8, 4) is 11.8 Å². The number of nitrogens with one attached hydrogen (secondary N) is 1. The van der Waals surface area contributed by atoms with Crippen molar-refractivity contribution in [3.63, 3.8) is 0 Å². The van der Waals surface area contributed by atoms with Crippen LogP contribution >= 0.6 is 0 Å². The first kappa shape index (κ1) is 8.52. The summed E-state index contributed by atoms with van der Waals surface area (Å²) in [6.07, 6.45) is 0.954. The summed E-state index contributed by atoms with van der Waals surface area (Å²) in [6.45, 7) is 7.22. The second-order valence-electron chi connectivity index (χ2n) is 1.95. The van der Waals surface area contributed by atoms with Gasteiger partial charge in [0.1, 0.15) is 0 Å². The van der Waals surface area contributed by atoms with Crippen LogP contribution in [0.2, 0.25) is 0 Å². The molecule has 52 valence electrons. The van der Waals surface area contributed by atoms with Crippen molar-refractivity contribution >= 4 is 0 Å². The first-order chi connectivity index (χ1) is 4.31. The zero-order valence-electron chi connectivity index (χ0n) is 6.49. The van der Waals surface area contributed by atoms with Gasteiger partial charge in [-0.25, -0.2) is 0 Å². The maximum Gasteiger partial charge on any atom is 0.0660 e. The molecule has 1 unspecified atom stereocenters. The molecule has 0 rings (SSSR count). The van der Waals surface area contributed by atoms with Crippen molar-refractivity contribution in [2.75, 3.05) is 6.54 Å². The van der Waals surface area contributed by atoms with Gasteiger partial charge in [-0.3, -0.25) is 0 Å². The first-order valence-corrected chi connectivity index (χ1v) is 3.53. The molecule has 0 fully saturated rings. The zero-order chi connectivity index (χ0) is 7.11. The van der Waals surface area contributed by atoms with Crippen molar-refractivity contribution in [1.29, 1.82) is 0 Å². The molecule has 0 aromatic carbocycles. The van der Waals surface area contributed by atoms with Crippen molar-refractivity contribution in [3.05, 3.63) is 0 Å². The third-order valence-electron chi connectivity index (χ3n) is 1.01. The Kier molecular flexibility index (Phi) is 5.35. The van der Waals surface area contributed by atoms with E-state index in [0.29, 0.717) is 6.04 Å². The molecule has 0 saturated carbocycles. The highest BCUT2D eigenvalue weighted by Gasteiger charge is 1.88. The highest BCUT2D eigenvalue weighted by atomic mass is 14.9. The largest absolute Gasteiger partial charge is 0.304 e. The minimum Gasteiger partial charge on any atom is -0.304 e. The van der Waals surface area contributed by atoms with E-state index in [1.807, 2.05) is 0 Å². The van der Waals surface area contributed by atoms with Crippen LogP contribution < -0.4 is 5.32 Å². The molecule has 0 radical (unpaired) electrons. The molecule has 0 spiro atoms. The topological polar surface area (TPSA) is 12.0 Å². The van der Waals surface area contributed by atoms with E-state index in [-0.39, 0.29) is 0 Å². The summed E-state index contributed by atoms with van der Waals surface area (Å²) in [5.41, 5.74) is 0. The van der Waals surface area contributed by atoms with Crippen LogP contribution in [0.4, 0.5) is 0 Å². The van der Waals surface area contributed by atoms with Crippen LogP contribution in [0.15, 0.2) is 0 Å². The van der Waals surface area contributed by atoms with Crippen LogP contribution in [0.3, 0.4) is 0 Å². The maximum absolute atomic E-state index is 3.21. The summed E-state index contributed by atoms with van der Waals surface area (Å²) in [7, 11) is 0. The van der Waals surface area contributed by atoms with Crippen LogP contribution in [0.25, 0.3) is 0 Å². The molecule has 1 atom stereocenters. The Balaban J connectivity index is 3.36. The molecule has 0 saturated heterocycles. The van der Waals surface area contributed by atoms with E-state index in [4.69, 9.17) is 0 Å². The van der Waals surface area contributed by atoms with Crippen molar-refractivity contribution in [2.24, 2.45) is 0 Å². The van der Waals surface area contributed by atoms with Gasteiger partial charge in [-0.2, -0.15) is 0 Å². The van der Waals surface area contributed by atoms with Gasteiger partial charge in [0.2, 0.25) is 0 Å². The fraction of sp³-hybridized carbons (Fsp3) is 0.750. The summed E-state index contributed by atoms with van der Waals surface area (Å²) in [5, 5.41) is 3.21. The molecule has 0 aliphatic heterocycles. The van der Waals surface area contributed by atoms with Gasteiger partial charge in [0.25, 0.3) is 0 Å². The van der Waals surface area contributed by atoms with E-state index < -0.39 is 0 Å². The van der Waals surface area contributed by atoms with Crippen molar-refractivity contribution < 1.29 is 0 Å². The summed E-state index contributed by atoms with van der Waals surface area (Å²) in [5.74, 6) is 6.09. The summed E-state index contributed by atoms with van der Waals surface area (Å²) in [6, 6.07) is 0.356. The van der Waals surface area contributed by atoms with Gasteiger partial charge >= 0.3 is 0 Å². The molecule has 0 aromatic rings. The zero-order valence-corrected chi connectivity index (χ0v) is 6.49. The molecule has 1 N–H and O–H groups in total. The lowest BCUT2D eigenvalue weighted by molar-refractivity contribution is 0.676. The van der Waals surface area contributed by atoms with Crippen LogP contribution in [-0.4, -0.2) is 12.6 Å². The molecule has 0 aliphatic rings. The second-order valence-corrected chi connectivity index (χ2v) is 1.95. The van der Waals surface area contributed by atoms with Gasteiger partial charge in [-0.15, -0.1) is 5.92 Å². The molecule has 0 heterocycles. The van der Waals surface area contributed by atoms with Gasteiger partial charge < -0.3 is 5.32 Å². The van der Waals surface area contributed by atoms with E-state index in [1.165, 1.54) is 0 Å². The van der Waals surface area contributed by atoms with Gasteiger partial charge in [-0.1, -0.05) is 19.8 Å². The SMILES string of the molecule is CCC#CC(C)NCC.